The molecule has 1 heterocycles. The molecule has 0 radical (unpaired) electrons. The second kappa shape index (κ2) is 6.59. The molecule has 2 rings (SSSR count). The van der Waals surface area contributed by atoms with Crippen molar-refractivity contribution in [2.45, 2.75) is 19.8 Å². The van der Waals surface area contributed by atoms with Gasteiger partial charge in [0.25, 0.3) is 0 Å². The maximum Gasteiger partial charge on any atom is 0.144 e. The van der Waals surface area contributed by atoms with Crippen LogP contribution in [0.3, 0.4) is 0 Å². The van der Waals surface area contributed by atoms with Crippen molar-refractivity contribution < 1.29 is 4.79 Å². The largest absolute Gasteiger partial charge is 0.330 e. The highest BCUT2D eigenvalue weighted by molar-refractivity contribution is 7.10. The van der Waals surface area contributed by atoms with Gasteiger partial charge in [-0.1, -0.05) is 37.3 Å². The van der Waals surface area contributed by atoms with Gasteiger partial charge in [-0.05, 0) is 6.42 Å². The number of Topliss-reactive ketones (excluding diaryl/α,β-unsaturated/α-hetero) is 1. The zero-order chi connectivity index (χ0) is 13.7. The lowest BCUT2D eigenvalue weighted by Crippen LogP contribution is -2.24. The summed E-state index contributed by atoms with van der Waals surface area (Å²) in [5.41, 5.74) is 7.62. The van der Waals surface area contributed by atoms with Gasteiger partial charge in [0.2, 0.25) is 0 Å². The molecular formula is C15H18N2OS. The molecule has 19 heavy (non-hydrogen) atoms. The van der Waals surface area contributed by atoms with Crippen molar-refractivity contribution >= 4 is 17.1 Å². The minimum atomic E-state index is -0.0379. The molecule has 0 saturated carbocycles. The number of rotatable bonds is 6. The summed E-state index contributed by atoms with van der Waals surface area (Å²) in [5, 5.41) is 2.87. The third-order valence-electron chi connectivity index (χ3n) is 3.18. The Hall–Kier alpha value is -1.52. The summed E-state index contributed by atoms with van der Waals surface area (Å²) in [5.74, 6) is 0.156. The minimum Gasteiger partial charge on any atom is -0.330 e. The first kappa shape index (κ1) is 13.9. The molecule has 3 nitrogen and oxygen atoms in total. The fourth-order valence-corrected chi connectivity index (χ4v) is 2.77. The summed E-state index contributed by atoms with van der Waals surface area (Å²) in [6.07, 6.45) is 1.19. The quantitative estimate of drug-likeness (QED) is 0.881. The lowest BCUT2D eigenvalue weighted by Gasteiger charge is -2.08. The van der Waals surface area contributed by atoms with E-state index in [2.05, 4.69) is 4.98 Å². The van der Waals surface area contributed by atoms with Crippen molar-refractivity contribution in [3.05, 3.63) is 40.7 Å². The van der Waals surface area contributed by atoms with Gasteiger partial charge in [0.15, 0.2) is 0 Å². The number of aromatic nitrogens is 1. The Kier molecular flexibility index (Phi) is 4.82. The molecule has 0 spiro atoms. The molecule has 2 N–H and O–H groups in total. The predicted molar refractivity (Wildman–Crippen MR) is 79.1 cm³/mol. The summed E-state index contributed by atoms with van der Waals surface area (Å²) < 4.78 is 0. The zero-order valence-corrected chi connectivity index (χ0v) is 11.8. The number of nitrogens with two attached hydrogens (primary N) is 1. The van der Waals surface area contributed by atoms with Crippen molar-refractivity contribution in [3.63, 3.8) is 0 Å². The van der Waals surface area contributed by atoms with Gasteiger partial charge < -0.3 is 5.73 Å². The van der Waals surface area contributed by atoms with Crippen molar-refractivity contribution in [1.82, 2.24) is 4.98 Å². The Labute approximate surface area is 117 Å². The van der Waals surface area contributed by atoms with E-state index >= 15 is 0 Å². The molecule has 0 bridgehead atoms. The van der Waals surface area contributed by atoms with Crippen LogP contribution in [0.25, 0.3) is 11.3 Å². The van der Waals surface area contributed by atoms with Crippen LogP contribution in [0.5, 0.6) is 0 Å². The standard InChI is InChI=1S/C15H18N2OS/c1-2-11(9-16)14(18)8-15-17-13(10-19-15)12-6-4-3-5-7-12/h3-7,10-11H,2,8-9,16H2,1H3. The van der Waals surface area contributed by atoms with Crippen LogP contribution in [0.4, 0.5) is 0 Å². The Bertz CT molecular complexity index is 532. The van der Waals surface area contributed by atoms with Crippen LogP contribution in [0.2, 0.25) is 0 Å². The van der Waals surface area contributed by atoms with Crippen LogP contribution in [0.15, 0.2) is 35.7 Å². The maximum atomic E-state index is 12.0. The summed E-state index contributed by atoms with van der Waals surface area (Å²) in [7, 11) is 0. The topological polar surface area (TPSA) is 56.0 Å². The summed E-state index contributed by atoms with van der Waals surface area (Å²) in [6.45, 7) is 2.42. The van der Waals surface area contributed by atoms with Gasteiger partial charge in [-0.15, -0.1) is 11.3 Å². The van der Waals surface area contributed by atoms with Crippen molar-refractivity contribution in [2.75, 3.05) is 6.54 Å². The molecule has 100 valence electrons. The molecule has 1 atom stereocenters. The van der Waals surface area contributed by atoms with Crippen LogP contribution in [0.1, 0.15) is 18.4 Å². The zero-order valence-electron chi connectivity index (χ0n) is 11.0. The molecule has 1 aromatic carbocycles. The molecular weight excluding hydrogens is 256 g/mol. The van der Waals surface area contributed by atoms with Gasteiger partial charge in [0.1, 0.15) is 10.8 Å². The van der Waals surface area contributed by atoms with Crippen molar-refractivity contribution in [1.29, 1.82) is 0 Å². The number of hydrogen-bond donors (Lipinski definition) is 1. The van der Waals surface area contributed by atoms with Gasteiger partial charge in [0, 0.05) is 23.4 Å². The molecule has 0 aliphatic heterocycles. The highest BCUT2D eigenvalue weighted by Crippen LogP contribution is 2.22. The SMILES string of the molecule is CCC(CN)C(=O)Cc1nc(-c2ccccc2)cs1. The second-order valence-corrected chi connectivity index (χ2v) is 5.42. The van der Waals surface area contributed by atoms with Crippen LogP contribution in [0, 0.1) is 5.92 Å². The number of benzene rings is 1. The van der Waals surface area contributed by atoms with E-state index in [1.54, 1.807) is 0 Å². The Morgan fingerprint density at radius 1 is 1.37 bits per heavy atom. The Morgan fingerprint density at radius 3 is 2.74 bits per heavy atom. The highest BCUT2D eigenvalue weighted by atomic mass is 32.1. The van der Waals surface area contributed by atoms with Crippen LogP contribution in [-0.2, 0) is 11.2 Å². The average molecular weight is 274 g/mol. The molecule has 1 aromatic heterocycles. The van der Waals surface area contributed by atoms with Crippen LogP contribution < -0.4 is 5.73 Å². The maximum absolute atomic E-state index is 12.0. The molecule has 0 amide bonds. The first-order chi connectivity index (χ1) is 9.24. The van der Waals surface area contributed by atoms with Gasteiger partial charge in [-0.25, -0.2) is 4.98 Å². The fourth-order valence-electron chi connectivity index (χ4n) is 1.95. The molecule has 0 fully saturated rings. The van der Waals surface area contributed by atoms with E-state index in [1.807, 2.05) is 42.6 Å². The van der Waals surface area contributed by atoms with Gasteiger partial charge >= 0.3 is 0 Å². The fraction of sp³-hybridized carbons (Fsp3) is 0.333. The smallest absolute Gasteiger partial charge is 0.144 e. The van der Waals surface area contributed by atoms with Gasteiger partial charge in [-0.3, -0.25) is 4.79 Å². The van der Waals surface area contributed by atoms with Gasteiger partial charge in [0.05, 0.1) is 12.1 Å². The van der Waals surface area contributed by atoms with Crippen molar-refractivity contribution in [2.24, 2.45) is 11.7 Å². The first-order valence-electron chi connectivity index (χ1n) is 6.47. The van der Waals surface area contributed by atoms with Crippen LogP contribution in [-0.4, -0.2) is 17.3 Å². The third kappa shape index (κ3) is 3.49. The summed E-state index contributed by atoms with van der Waals surface area (Å²) in [4.78, 5) is 16.5. The molecule has 0 saturated heterocycles. The lowest BCUT2D eigenvalue weighted by atomic mass is 9.99. The van der Waals surface area contributed by atoms with E-state index in [0.717, 1.165) is 22.7 Å². The van der Waals surface area contributed by atoms with Gasteiger partial charge in [-0.2, -0.15) is 0 Å². The molecule has 0 aliphatic carbocycles. The van der Waals surface area contributed by atoms with E-state index in [0.29, 0.717) is 13.0 Å². The third-order valence-corrected chi connectivity index (χ3v) is 4.03. The number of thiazole rings is 1. The van der Waals surface area contributed by atoms with E-state index < -0.39 is 0 Å². The van der Waals surface area contributed by atoms with Crippen molar-refractivity contribution in [3.8, 4) is 11.3 Å². The van der Waals surface area contributed by atoms with E-state index in [-0.39, 0.29) is 11.7 Å². The number of nitrogens with zero attached hydrogens (tertiary/aromatic N) is 1. The monoisotopic (exact) mass is 274 g/mol. The normalized spacial score (nSPS) is 12.3. The van der Waals surface area contributed by atoms with Crippen LogP contribution >= 0.6 is 11.3 Å². The molecule has 2 aromatic rings. The number of ketones is 1. The van der Waals surface area contributed by atoms with E-state index in [4.69, 9.17) is 5.73 Å². The minimum absolute atomic E-state index is 0.0379. The molecule has 4 heteroatoms. The Morgan fingerprint density at radius 2 is 2.11 bits per heavy atom. The summed E-state index contributed by atoms with van der Waals surface area (Å²) in [6, 6.07) is 10.0. The molecule has 1 unspecified atom stereocenters. The van der Waals surface area contributed by atoms with E-state index in [9.17, 15) is 4.79 Å². The lowest BCUT2D eigenvalue weighted by molar-refractivity contribution is -0.122. The predicted octanol–water partition coefficient (Wildman–Crippen LogP) is 2.91. The number of hydrogen-bond acceptors (Lipinski definition) is 4. The molecule has 0 aliphatic rings. The summed E-state index contributed by atoms with van der Waals surface area (Å²) >= 11 is 1.54. The second-order valence-electron chi connectivity index (χ2n) is 4.48. The number of carbonyl (C=O) groups excluding carboxylic acids is 1. The Balaban J connectivity index is 2.08. The average Bonchev–Trinajstić information content (AvgIpc) is 2.89. The first-order valence-corrected chi connectivity index (χ1v) is 7.35. The highest BCUT2D eigenvalue weighted by Gasteiger charge is 2.16. The number of carbonyl (C=O) groups is 1. The van der Waals surface area contributed by atoms with E-state index in [1.165, 1.54) is 11.3 Å².